The van der Waals surface area contributed by atoms with Crippen molar-refractivity contribution in [2.75, 3.05) is 40.4 Å². The number of hydrogen-bond donors (Lipinski definition) is 1. The minimum absolute atomic E-state index is 0.0716. The molecule has 1 saturated heterocycles. The molecule has 7 nitrogen and oxygen atoms in total. The summed E-state index contributed by atoms with van der Waals surface area (Å²) in [5.74, 6) is -1.39. The van der Waals surface area contributed by atoms with E-state index in [4.69, 9.17) is 9.47 Å². The molecular formula is C25H29FN2O5. The first kappa shape index (κ1) is 24.3. The van der Waals surface area contributed by atoms with Crippen LogP contribution in [-0.2, 0) is 9.59 Å². The first-order chi connectivity index (χ1) is 15.9. The number of amides is 1. The van der Waals surface area contributed by atoms with E-state index in [-0.39, 0.29) is 23.4 Å². The van der Waals surface area contributed by atoms with Crippen molar-refractivity contribution < 1.29 is 28.6 Å². The number of rotatable bonds is 9. The van der Waals surface area contributed by atoms with Crippen molar-refractivity contribution in [3.05, 3.63) is 65.0 Å². The number of Topliss-reactive ketones (excluding diaryl/α,β-unsaturated/α-hetero) is 1. The number of halogens is 1. The summed E-state index contributed by atoms with van der Waals surface area (Å²) < 4.78 is 24.3. The highest BCUT2D eigenvalue weighted by molar-refractivity contribution is 6.46. The number of ether oxygens (including phenoxy) is 2. The highest BCUT2D eigenvalue weighted by Gasteiger charge is 2.47. The number of likely N-dealkylation sites (tertiary alicyclic amines) is 1. The van der Waals surface area contributed by atoms with Crippen LogP contribution in [0.3, 0.4) is 0 Å². The molecule has 2 aromatic rings. The average Bonchev–Trinajstić information content (AvgIpc) is 3.09. The fraction of sp³-hybridized carbons (Fsp3) is 0.360. The molecule has 0 saturated carbocycles. The van der Waals surface area contributed by atoms with Crippen LogP contribution in [0.1, 0.15) is 31.0 Å². The quantitative estimate of drug-likeness (QED) is 0.353. The molecule has 0 radical (unpaired) electrons. The van der Waals surface area contributed by atoms with Crippen LogP contribution >= 0.6 is 0 Å². The van der Waals surface area contributed by atoms with Crippen molar-refractivity contribution in [2.45, 2.75) is 19.9 Å². The van der Waals surface area contributed by atoms with E-state index in [1.807, 2.05) is 13.8 Å². The standard InChI is InChI=1S/C25H29FN2O5/c1-5-27(6-2)13-14-28-22(19-15-18(32-3)11-12-20(19)33-4)21(24(30)25(28)31)23(29)16-7-9-17(26)10-8-16/h7-12,15,22,29H,5-6,13-14H2,1-4H3/b23-21+/t22-/m0/s1. The van der Waals surface area contributed by atoms with Crippen LogP contribution in [0.5, 0.6) is 11.5 Å². The third-order valence-electron chi connectivity index (χ3n) is 5.94. The van der Waals surface area contributed by atoms with Crippen molar-refractivity contribution in [2.24, 2.45) is 0 Å². The third-order valence-corrected chi connectivity index (χ3v) is 5.94. The van der Waals surface area contributed by atoms with Crippen molar-refractivity contribution in [3.8, 4) is 11.5 Å². The van der Waals surface area contributed by atoms with Crippen LogP contribution in [0.25, 0.3) is 5.76 Å². The predicted molar refractivity (Wildman–Crippen MR) is 123 cm³/mol. The van der Waals surface area contributed by atoms with Crippen molar-refractivity contribution in [3.63, 3.8) is 0 Å². The normalized spacial score (nSPS) is 17.6. The monoisotopic (exact) mass is 456 g/mol. The second-order valence-electron chi connectivity index (χ2n) is 7.63. The molecule has 176 valence electrons. The number of aliphatic hydroxyl groups is 1. The summed E-state index contributed by atoms with van der Waals surface area (Å²) in [6.07, 6.45) is 0. The van der Waals surface area contributed by atoms with Crippen LogP contribution in [0.2, 0.25) is 0 Å². The van der Waals surface area contributed by atoms with Crippen LogP contribution in [0, 0.1) is 5.82 Å². The van der Waals surface area contributed by atoms with Gasteiger partial charge in [0.05, 0.1) is 25.8 Å². The molecule has 2 aromatic carbocycles. The summed E-state index contributed by atoms with van der Waals surface area (Å²) in [5, 5.41) is 11.1. The Morgan fingerprint density at radius 1 is 1.06 bits per heavy atom. The molecule has 1 aliphatic heterocycles. The highest BCUT2D eigenvalue weighted by Crippen LogP contribution is 2.43. The van der Waals surface area contributed by atoms with Gasteiger partial charge in [0.25, 0.3) is 11.7 Å². The maximum Gasteiger partial charge on any atom is 0.295 e. The fourth-order valence-corrected chi connectivity index (χ4v) is 4.04. The fourth-order valence-electron chi connectivity index (χ4n) is 4.04. The van der Waals surface area contributed by atoms with E-state index in [2.05, 4.69) is 4.90 Å². The number of aliphatic hydroxyl groups excluding tert-OH is 1. The number of ketones is 1. The molecule has 0 unspecified atom stereocenters. The number of carbonyl (C=O) groups is 2. The molecule has 1 fully saturated rings. The molecule has 1 N–H and O–H groups in total. The van der Waals surface area contributed by atoms with E-state index in [9.17, 15) is 19.1 Å². The van der Waals surface area contributed by atoms with E-state index in [0.717, 1.165) is 13.1 Å². The molecule has 0 spiro atoms. The largest absolute Gasteiger partial charge is 0.507 e. The van der Waals surface area contributed by atoms with E-state index in [1.54, 1.807) is 18.2 Å². The number of carbonyl (C=O) groups excluding carboxylic acids is 2. The van der Waals surface area contributed by atoms with Gasteiger partial charge in [-0.1, -0.05) is 13.8 Å². The summed E-state index contributed by atoms with van der Waals surface area (Å²) in [7, 11) is 3.01. The van der Waals surface area contributed by atoms with Gasteiger partial charge in [0.2, 0.25) is 0 Å². The minimum Gasteiger partial charge on any atom is -0.507 e. The topological polar surface area (TPSA) is 79.3 Å². The zero-order chi connectivity index (χ0) is 24.1. The lowest BCUT2D eigenvalue weighted by Gasteiger charge is -2.29. The molecule has 1 heterocycles. The number of methoxy groups -OCH3 is 2. The predicted octanol–water partition coefficient (Wildman–Crippen LogP) is 3.61. The van der Waals surface area contributed by atoms with E-state index < -0.39 is 23.5 Å². The molecule has 1 aliphatic rings. The zero-order valence-corrected chi connectivity index (χ0v) is 19.3. The van der Waals surface area contributed by atoms with Gasteiger partial charge in [0.1, 0.15) is 23.1 Å². The Labute approximate surface area is 193 Å². The number of benzene rings is 2. The van der Waals surface area contributed by atoms with E-state index in [1.165, 1.54) is 43.4 Å². The van der Waals surface area contributed by atoms with Crippen LogP contribution in [0.15, 0.2) is 48.0 Å². The summed E-state index contributed by atoms with van der Waals surface area (Å²) in [4.78, 5) is 29.9. The van der Waals surface area contributed by atoms with Gasteiger partial charge in [0.15, 0.2) is 0 Å². The smallest absolute Gasteiger partial charge is 0.295 e. The molecule has 1 amide bonds. The summed E-state index contributed by atoms with van der Waals surface area (Å²) in [6, 6.07) is 9.32. The SMILES string of the molecule is CCN(CC)CCN1C(=O)C(=O)/C(=C(/O)c2ccc(F)cc2)[C@@H]1c1cc(OC)ccc1OC. The highest BCUT2D eigenvalue weighted by atomic mass is 19.1. The van der Waals surface area contributed by atoms with Crippen LogP contribution in [-0.4, -0.2) is 67.0 Å². The molecule has 33 heavy (non-hydrogen) atoms. The number of nitrogens with zero attached hydrogens (tertiary/aromatic N) is 2. The Bertz CT molecular complexity index is 1050. The van der Waals surface area contributed by atoms with E-state index in [0.29, 0.717) is 23.6 Å². The van der Waals surface area contributed by atoms with Gasteiger partial charge in [-0.05, 0) is 55.6 Å². The average molecular weight is 457 g/mol. The maximum atomic E-state index is 13.4. The van der Waals surface area contributed by atoms with Gasteiger partial charge in [-0.25, -0.2) is 4.39 Å². The lowest BCUT2D eigenvalue weighted by atomic mass is 9.94. The lowest BCUT2D eigenvalue weighted by molar-refractivity contribution is -0.140. The van der Waals surface area contributed by atoms with Gasteiger partial charge in [-0.3, -0.25) is 9.59 Å². The Morgan fingerprint density at radius 3 is 2.30 bits per heavy atom. The molecule has 0 aromatic heterocycles. The van der Waals surface area contributed by atoms with Crippen LogP contribution < -0.4 is 9.47 Å². The Hall–Kier alpha value is -3.39. The Balaban J connectivity index is 2.19. The number of likely N-dealkylation sites (N-methyl/N-ethyl adjacent to an activating group) is 1. The third kappa shape index (κ3) is 4.85. The second kappa shape index (κ2) is 10.5. The van der Waals surface area contributed by atoms with Gasteiger partial charge in [-0.2, -0.15) is 0 Å². The van der Waals surface area contributed by atoms with E-state index >= 15 is 0 Å². The van der Waals surface area contributed by atoms with Crippen molar-refractivity contribution in [1.82, 2.24) is 9.80 Å². The molecule has 3 rings (SSSR count). The Morgan fingerprint density at radius 2 is 1.73 bits per heavy atom. The van der Waals surface area contributed by atoms with Gasteiger partial charge in [-0.15, -0.1) is 0 Å². The van der Waals surface area contributed by atoms with Crippen LogP contribution in [0.4, 0.5) is 4.39 Å². The van der Waals surface area contributed by atoms with Crippen molar-refractivity contribution >= 4 is 17.4 Å². The summed E-state index contributed by atoms with van der Waals surface area (Å²) >= 11 is 0. The molecule has 1 atom stereocenters. The molecule has 0 bridgehead atoms. The van der Waals surface area contributed by atoms with Gasteiger partial charge < -0.3 is 24.4 Å². The first-order valence-corrected chi connectivity index (χ1v) is 10.8. The zero-order valence-electron chi connectivity index (χ0n) is 19.3. The molecule has 8 heteroatoms. The number of hydrogen-bond acceptors (Lipinski definition) is 6. The summed E-state index contributed by atoms with van der Waals surface area (Å²) in [5.41, 5.74) is 0.682. The lowest BCUT2D eigenvalue weighted by Crippen LogP contribution is -2.38. The minimum atomic E-state index is -0.893. The Kier molecular flexibility index (Phi) is 7.71. The first-order valence-electron chi connectivity index (χ1n) is 10.8. The second-order valence-corrected chi connectivity index (χ2v) is 7.63. The molecular weight excluding hydrogens is 427 g/mol. The maximum absolute atomic E-state index is 13.4. The molecule has 0 aliphatic carbocycles. The van der Waals surface area contributed by atoms with Gasteiger partial charge >= 0.3 is 0 Å². The van der Waals surface area contributed by atoms with Gasteiger partial charge in [0, 0.05) is 24.2 Å². The van der Waals surface area contributed by atoms with Crippen molar-refractivity contribution in [1.29, 1.82) is 0 Å². The summed E-state index contributed by atoms with van der Waals surface area (Å²) in [6.45, 7) is 6.46.